The lowest BCUT2D eigenvalue weighted by Gasteiger charge is -2.20. The zero-order valence-corrected chi connectivity index (χ0v) is 15.8. The first-order valence-corrected chi connectivity index (χ1v) is 9.42. The Morgan fingerprint density at radius 2 is 1.67 bits per heavy atom. The molecule has 2 aromatic carbocycles. The summed E-state index contributed by atoms with van der Waals surface area (Å²) in [5.41, 5.74) is 2.61. The van der Waals surface area contributed by atoms with Crippen molar-refractivity contribution in [1.82, 2.24) is 5.32 Å². The van der Waals surface area contributed by atoms with Gasteiger partial charge in [0.25, 0.3) is 0 Å². The summed E-state index contributed by atoms with van der Waals surface area (Å²) in [5.74, 6) is 0.900. The molecule has 0 aliphatic carbocycles. The van der Waals surface area contributed by atoms with Crippen LogP contribution in [-0.2, 0) is 10.2 Å². The molecule has 0 bridgehead atoms. The van der Waals surface area contributed by atoms with Gasteiger partial charge in [-0.05, 0) is 35.6 Å². The van der Waals surface area contributed by atoms with E-state index < -0.39 is 0 Å². The summed E-state index contributed by atoms with van der Waals surface area (Å²) >= 11 is 1.72. The van der Waals surface area contributed by atoms with Gasteiger partial charge in [0.15, 0.2) is 0 Å². The van der Waals surface area contributed by atoms with Gasteiger partial charge in [0.2, 0.25) is 5.91 Å². The highest BCUT2D eigenvalue weighted by Gasteiger charge is 2.14. The Morgan fingerprint density at radius 3 is 2.25 bits per heavy atom. The highest BCUT2D eigenvalue weighted by atomic mass is 32.2. The van der Waals surface area contributed by atoms with Crippen LogP contribution in [0.15, 0.2) is 59.5 Å². The third-order valence-corrected chi connectivity index (χ3v) is 5.01. The maximum atomic E-state index is 12.1. The molecule has 2 rings (SSSR count). The highest BCUT2D eigenvalue weighted by molar-refractivity contribution is 7.99. The standard InChI is InChI=1S/C21H27NOS/c1-16(17-10-12-18(13-11-17)21(2,3)4)22-20(23)14-15-24-19-8-6-5-7-9-19/h5-13,16H,14-15H2,1-4H3,(H,22,23)/t16-/m0/s1. The minimum Gasteiger partial charge on any atom is -0.350 e. The lowest BCUT2D eigenvalue weighted by molar-refractivity contribution is -0.121. The van der Waals surface area contributed by atoms with E-state index in [1.807, 2.05) is 25.1 Å². The van der Waals surface area contributed by atoms with Gasteiger partial charge in [-0.1, -0.05) is 63.2 Å². The molecule has 1 amide bonds. The molecule has 0 radical (unpaired) electrons. The average molecular weight is 342 g/mol. The Hall–Kier alpha value is -1.74. The van der Waals surface area contributed by atoms with E-state index in [-0.39, 0.29) is 17.4 Å². The van der Waals surface area contributed by atoms with Crippen molar-refractivity contribution in [1.29, 1.82) is 0 Å². The number of carbonyl (C=O) groups is 1. The number of carbonyl (C=O) groups excluding carboxylic acids is 1. The topological polar surface area (TPSA) is 29.1 Å². The van der Waals surface area contributed by atoms with Crippen LogP contribution in [0.1, 0.15) is 51.3 Å². The Labute approximate surface area is 150 Å². The van der Waals surface area contributed by atoms with E-state index in [2.05, 4.69) is 62.5 Å². The molecule has 128 valence electrons. The van der Waals surface area contributed by atoms with Crippen LogP contribution < -0.4 is 5.32 Å². The van der Waals surface area contributed by atoms with E-state index in [1.165, 1.54) is 10.5 Å². The van der Waals surface area contributed by atoms with Crippen molar-refractivity contribution in [3.63, 3.8) is 0 Å². The Morgan fingerprint density at radius 1 is 1.04 bits per heavy atom. The second-order valence-electron chi connectivity index (χ2n) is 7.07. The molecule has 3 heteroatoms. The number of hydrogen-bond donors (Lipinski definition) is 1. The molecular formula is C21H27NOS. The molecule has 0 aromatic heterocycles. The molecule has 1 N–H and O–H groups in total. The summed E-state index contributed by atoms with van der Waals surface area (Å²) < 4.78 is 0. The molecule has 0 aliphatic rings. The summed E-state index contributed by atoms with van der Waals surface area (Å²) in [5, 5.41) is 3.09. The fourth-order valence-corrected chi connectivity index (χ4v) is 3.32. The minimum absolute atomic E-state index is 0.0354. The van der Waals surface area contributed by atoms with Gasteiger partial charge in [-0.2, -0.15) is 0 Å². The van der Waals surface area contributed by atoms with Crippen LogP contribution in [0.25, 0.3) is 0 Å². The number of hydrogen-bond acceptors (Lipinski definition) is 2. The summed E-state index contributed by atoms with van der Waals surface area (Å²) in [4.78, 5) is 13.3. The monoisotopic (exact) mass is 341 g/mol. The Kier molecular flexibility index (Phi) is 6.50. The van der Waals surface area contributed by atoms with E-state index in [0.717, 1.165) is 11.3 Å². The Bertz CT molecular complexity index is 644. The lowest BCUT2D eigenvalue weighted by atomic mass is 9.86. The third-order valence-electron chi connectivity index (χ3n) is 4.00. The van der Waals surface area contributed by atoms with Crippen molar-refractivity contribution >= 4 is 17.7 Å². The maximum absolute atomic E-state index is 12.1. The van der Waals surface area contributed by atoms with E-state index in [9.17, 15) is 4.79 Å². The largest absolute Gasteiger partial charge is 0.350 e. The zero-order valence-electron chi connectivity index (χ0n) is 15.0. The summed E-state index contributed by atoms with van der Waals surface area (Å²) in [7, 11) is 0. The van der Waals surface area contributed by atoms with Crippen LogP contribution >= 0.6 is 11.8 Å². The van der Waals surface area contributed by atoms with Crippen molar-refractivity contribution in [3.8, 4) is 0 Å². The first-order valence-electron chi connectivity index (χ1n) is 8.44. The van der Waals surface area contributed by atoms with Gasteiger partial charge in [0, 0.05) is 17.1 Å². The molecule has 0 fully saturated rings. The van der Waals surface area contributed by atoms with Gasteiger partial charge in [-0.15, -0.1) is 11.8 Å². The van der Waals surface area contributed by atoms with Crippen LogP contribution in [-0.4, -0.2) is 11.7 Å². The third kappa shape index (κ3) is 5.72. The van der Waals surface area contributed by atoms with Crippen molar-refractivity contribution in [3.05, 3.63) is 65.7 Å². The number of rotatable bonds is 6. The van der Waals surface area contributed by atoms with Crippen LogP contribution in [0, 0.1) is 0 Å². The Balaban J connectivity index is 1.80. The number of amides is 1. The minimum atomic E-state index is 0.0354. The smallest absolute Gasteiger partial charge is 0.221 e. The molecule has 0 heterocycles. The zero-order chi connectivity index (χ0) is 17.6. The fourth-order valence-electron chi connectivity index (χ4n) is 2.45. The second kappa shape index (κ2) is 8.39. The molecule has 0 aliphatic heterocycles. The van der Waals surface area contributed by atoms with Gasteiger partial charge in [0.05, 0.1) is 6.04 Å². The van der Waals surface area contributed by atoms with E-state index in [4.69, 9.17) is 0 Å². The number of nitrogens with one attached hydrogen (secondary N) is 1. The summed E-state index contributed by atoms with van der Waals surface area (Å²) in [6.07, 6.45) is 0.532. The van der Waals surface area contributed by atoms with Crippen molar-refractivity contribution in [2.75, 3.05) is 5.75 Å². The summed E-state index contributed by atoms with van der Waals surface area (Å²) in [6, 6.07) is 18.8. The molecule has 24 heavy (non-hydrogen) atoms. The second-order valence-corrected chi connectivity index (χ2v) is 8.24. The van der Waals surface area contributed by atoms with Crippen LogP contribution in [0.4, 0.5) is 0 Å². The number of thioether (sulfide) groups is 1. The molecule has 1 atom stereocenters. The van der Waals surface area contributed by atoms with Crippen LogP contribution in [0.2, 0.25) is 0 Å². The van der Waals surface area contributed by atoms with Crippen LogP contribution in [0.5, 0.6) is 0 Å². The van der Waals surface area contributed by atoms with E-state index >= 15 is 0 Å². The van der Waals surface area contributed by atoms with Crippen molar-refractivity contribution in [2.24, 2.45) is 0 Å². The quantitative estimate of drug-likeness (QED) is 0.718. The van der Waals surface area contributed by atoms with Crippen molar-refractivity contribution < 1.29 is 4.79 Å². The van der Waals surface area contributed by atoms with Gasteiger partial charge < -0.3 is 5.32 Å². The van der Waals surface area contributed by atoms with Gasteiger partial charge in [-0.3, -0.25) is 4.79 Å². The molecule has 0 saturated heterocycles. The molecule has 0 unspecified atom stereocenters. The lowest BCUT2D eigenvalue weighted by Crippen LogP contribution is -2.26. The van der Waals surface area contributed by atoms with Crippen molar-refractivity contribution in [2.45, 2.75) is 50.5 Å². The molecule has 2 aromatic rings. The van der Waals surface area contributed by atoms with Gasteiger partial charge in [-0.25, -0.2) is 0 Å². The molecular weight excluding hydrogens is 314 g/mol. The predicted octanol–water partition coefficient (Wildman–Crippen LogP) is 5.34. The summed E-state index contributed by atoms with van der Waals surface area (Å²) in [6.45, 7) is 8.65. The number of benzene rings is 2. The normalized spacial score (nSPS) is 12.7. The highest BCUT2D eigenvalue weighted by Crippen LogP contribution is 2.24. The maximum Gasteiger partial charge on any atom is 0.221 e. The first-order chi connectivity index (χ1) is 11.4. The van der Waals surface area contributed by atoms with E-state index in [0.29, 0.717) is 6.42 Å². The SMILES string of the molecule is C[C@H](NC(=O)CCSc1ccccc1)c1ccc(C(C)(C)C)cc1. The molecule has 2 nitrogen and oxygen atoms in total. The predicted molar refractivity (Wildman–Crippen MR) is 103 cm³/mol. The average Bonchev–Trinajstić information content (AvgIpc) is 2.55. The molecule has 0 saturated carbocycles. The van der Waals surface area contributed by atoms with E-state index in [1.54, 1.807) is 11.8 Å². The van der Waals surface area contributed by atoms with Gasteiger partial charge in [0.1, 0.15) is 0 Å². The fraction of sp³-hybridized carbons (Fsp3) is 0.381. The van der Waals surface area contributed by atoms with Gasteiger partial charge >= 0.3 is 0 Å². The molecule has 0 spiro atoms. The first kappa shape index (κ1) is 18.6. The van der Waals surface area contributed by atoms with Crippen LogP contribution in [0.3, 0.4) is 0 Å².